The van der Waals surface area contributed by atoms with Gasteiger partial charge >= 0.3 is 0 Å². The maximum Gasteiger partial charge on any atom is 0.0536 e. The highest BCUT2D eigenvalue weighted by atomic mass is 16.5. The molecule has 0 saturated carbocycles. The van der Waals surface area contributed by atoms with Crippen molar-refractivity contribution in [3.63, 3.8) is 0 Å². The van der Waals surface area contributed by atoms with Crippen molar-refractivity contribution >= 4 is 0 Å². The lowest BCUT2D eigenvalue weighted by atomic mass is 9.82. The van der Waals surface area contributed by atoms with Crippen molar-refractivity contribution in [1.82, 2.24) is 0 Å². The molecule has 0 bridgehead atoms. The fourth-order valence-electron chi connectivity index (χ4n) is 1.35. The van der Waals surface area contributed by atoms with Gasteiger partial charge in [0.1, 0.15) is 0 Å². The highest BCUT2D eigenvalue weighted by Gasteiger charge is 2.25. The lowest BCUT2D eigenvalue weighted by Crippen LogP contribution is -2.34. The summed E-state index contributed by atoms with van der Waals surface area (Å²) < 4.78 is 5.13. The zero-order valence-corrected chi connectivity index (χ0v) is 7.88. The zero-order valence-electron chi connectivity index (χ0n) is 7.88. The Labute approximate surface area is 75.1 Å². The van der Waals surface area contributed by atoms with Gasteiger partial charge < -0.3 is 10.5 Å². The van der Waals surface area contributed by atoms with Crippen LogP contribution in [0.2, 0.25) is 0 Å². The molecule has 0 aliphatic rings. The van der Waals surface area contributed by atoms with Crippen molar-refractivity contribution in [3.8, 4) is 0 Å². The first-order valence-corrected chi connectivity index (χ1v) is 4.15. The zero-order chi connectivity index (χ0) is 9.45. The van der Waals surface area contributed by atoms with E-state index in [4.69, 9.17) is 10.5 Å². The standard InChI is InChI=1S/C10H19NO/c1-4-6-10(8-11,7-5-2)9-12-3/h4-5H,1-2,6-9,11H2,3H3. The molecule has 0 aliphatic heterocycles. The minimum absolute atomic E-state index is 0.0122. The maximum absolute atomic E-state index is 5.69. The molecule has 0 spiro atoms. The van der Waals surface area contributed by atoms with Gasteiger partial charge in [0, 0.05) is 19.1 Å². The topological polar surface area (TPSA) is 35.2 Å². The van der Waals surface area contributed by atoms with Crippen LogP contribution in [-0.2, 0) is 4.74 Å². The molecule has 12 heavy (non-hydrogen) atoms. The first kappa shape index (κ1) is 11.4. The number of rotatable bonds is 7. The molecule has 2 N–H and O–H groups in total. The van der Waals surface area contributed by atoms with E-state index < -0.39 is 0 Å². The minimum atomic E-state index is 0.0122. The smallest absolute Gasteiger partial charge is 0.0536 e. The summed E-state index contributed by atoms with van der Waals surface area (Å²) >= 11 is 0. The van der Waals surface area contributed by atoms with E-state index in [-0.39, 0.29) is 5.41 Å². The largest absolute Gasteiger partial charge is 0.384 e. The van der Waals surface area contributed by atoms with Crippen molar-refractivity contribution in [1.29, 1.82) is 0 Å². The normalized spacial score (nSPS) is 11.2. The Morgan fingerprint density at radius 1 is 1.33 bits per heavy atom. The van der Waals surface area contributed by atoms with E-state index in [1.165, 1.54) is 0 Å². The minimum Gasteiger partial charge on any atom is -0.384 e. The van der Waals surface area contributed by atoms with E-state index in [0.717, 1.165) is 12.8 Å². The molecule has 0 fully saturated rings. The van der Waals surface area contributed by atoms with Crippen LogP contribution in [-0.4, -0.2) is 20.3 Å². The molecule has 0 heterocycles. The number of ether oxygens (including phenoxy) is 1. The first-order chi connectivity index (χ1) is 5.74. The van der Waals surface area contributed by atoms with Gasteiger partial charge in [-0.1, -0.05) is 12.2 Å². The molecule has 70 valence electrons. The molecule has 0 aromatic heterocycles. The predicted octanol–water partition coefficient (Wildman–Crippen LogP) is 1.73. The van der Waals surface area contributed by atoms with Crippen molar-refractivity contribution in [2.45, 2.75) is 12.8 Å². The van der Waals surface area contributed by atoms with Gasteiger partial charge in [0.05, 0.1) is 6.61 Å². The summed E-state index contributed by atoms with van der Waals surface area (Å²) in [6.45, 7) is 8.70. The van der Waals surface area contributed by atoms with Gasteiger partial charge in [0.2, 0.25) is 0 Å². The monoisotopic (exact) mass is 169 g/mol. The van der Waals surface area contributed by atoms with Gasteiger partial charge in [-0.15, -0.1) is 13.2 Å². The lowest BCUT2D eigenvalue weighted by Gasteiger charge is -2.29. The molecule has 0 atom stereocenters. The number of nitrogens with two attached hydrogens (primary N) is 1. The van der Waals surface area contributed by atoms with E-state index >= 15 is 0 Å². The molecular weight excluding hydrogens is 150 g/mol. The second kappa shape index (κ2) is 5.98. The third-order valence-corrected chi connectivity index (χ3v) is 2.04. The summed E-state index contributed by atoms with van der Waals surface area (Å²) in [5, 5.41) is 0. The van der Waals surface area contributed by atoms with Crippen LogP contribution < -0.4 is 5.73 Å². The lowest BCUT2D eigenvalue weighted by molar-refractivity contribution is 0.0883. The maximum atomic E-state index is 5.69. The van der Waals surface area contributed by atoms with Crippen LogP contribution in [0.3, 0.4) is 0 Å². The summed E-state index contributed by atoms with van der Waals surface area (Å²) in [7, 11) is 1.69. The summed E-state index contributed by atoms with van der Waals surface area (Å²) in [5.41, 5.74) is 5.70. The summed E-state index contributed by atoms with van der Waals surface area (Å²) in [6.07, 6.45) is 5.53. The number of hydrogen-bond acceptors (Lipinski definition) is 2. The van der Waals surface area contributed by atoms with Crippen LogP contribution in [0.15, 0.2) is 25.3 Å². The summed E-state index contributed by atoms with van der Waals surface area (Å²) in [6, 6.07) is 0. The first-order valence-electron chi connectivity index (χ1n) is 4.15. The molecule has 2 nitrogen and oxygen atoms in total. The highest BCUT2D eigenvalue weighted by molar-refractivity contribution is 4.92. The molecule has 0 amide bonds. The van der Waals surface area contributed by atoms with Gasteiger partial charge in [-0.05, 0) is 12.8 Å². The number of methoxy groups -OCH3 is 1. The van der Waals surface area contributed by atoms with Crippen LogP contribution in [0, 0.1) is 5.41 Å². The molecule has 0 rings (SSSR count). The fraction of sp³-hybridized carbons (Fsp3) is 0.600. The number of hydrogen-bond donors (Lipinski definition) is 1. The Balaban J connectivity index is 4.25. The Bertz CT molecular complexity index is 133. The summed E-state index contributed by atoms with van der Waals surface area (Å²) in [4.78, 5) is 0. The van der Waals surface area contributed by atoms with Crippen LogP contribution in [0.4, 0.5) is 0 Å². The fourth-order valence-corrected chi connectivity index (χ4v) is 1.35. The van der Waals surface area contributed by atoms with Gasteiger partial charge in [-0.25, -0.2) is 0 Å². The highest BCUT2D eigenvalue weighted by Crippen LogP contribution is 2.26. The van der Waals surface area contributed by atoms with Crippen molar-refractivity contribution in [2.24, 2.45) is 11.1 Å². The molecule has 0 aromatic carbocycles. The van der Waals surface area contributed by atoms with Gasteiger partial charge in [0.15, 0.2) is 0 Å². The quantitative estimate of drug-likeness (QED) is 0.589. The van der Waals surface area contributed by atoms with Crippen LogP contribution in [0.25, 0.3) is 0 Å². The van der Waals surface area contributed by atoms with Crippen molar-refractivity contribution in [3.05, 3.63) is 25.3 Å². The SMILES string of the molecule is C=CCC(CN)(CC=C)COC. The molecule has 0 aliphatic carbocycles. The second-order valence-electron chi connectivity index (χ2n) is 3.12. The van der Waals surface area contributed by atoms with E-state index in [1.54, 1.807) is 7.11 Å². The Morgan fingerprint density at radius 3 is 2.08 bits per heavy atom. The van der Waals surface area contributed by atoms with E-state index in [9.17, 15) is 0 Å². The van der Waals surface area contributed by atoms with Crippen LogP contribution >= 0.6 is 0 Å². The molecule has 0 unspecified atom stereocenters. The third kappa shape index (κ3) is 3.20. The average molecular weight is 169 g/mol. The summed E-state index contributed by atoms with van der Waals surface area (Å²) in [5.74, 6) is 0. The Morgan fingerprint density at radius 2 is 1.83 bits per heavy atom. The second-order valence-corrected chi connectivity index (χ2v) is 3.12. The van der Waals surface area contributed by atoms with Crippen molar-refractivity contribution < 1.29 is 4.74 Å². The van der Waals surface area contributed by atoms with Crippen LogP contribution in [0.1, 0.15) is 12.8 Å². The Hall–Kier alpha value is -0.600. The third-order valence-electron chi connectivity index (χ3n) is 2.04. The van der Waals surface area contributed by atoms with E-state index in [0.29, 0.717) is 13.2 Å². The molecule has 0 saturated heterocycles. The van der Waals surface area contributed by atoms with Gasteiger partial charge in [-0.2, -0.15) is 0 Å². The average Bonchev–Trinajstić information content (AvgIpc) is 2.06. The van der Waals surface area contributed by atoms with Gasteiger partial charge in [-0.3, -0.25) is 0 Å². The van der Waals surface area contributed by atoms with Crippen LogP contribution in [0.5, 0.6) is 0 Å². The van der Waals surface area contributed by atoms with E-state index in [2.05, 4.69) is 13.2 Å². The van der Waals surface area contributed by atoms with E-state index in [1.807, 2.05) is 12.2 Å². The molecule has 0 radical (unpaired) electrons. The number of allylic oxidation sites excluding steroid dienone is 2. The Kier molecular flexibility index (Phi) is 5.68. The molecular formula is C10H19NO. The molecule has 2 heteroatoms. The molecule has 0 aromatic rings. The van der Waals surface area contributed by atoms with Gasteiger partial charge in [0.25, 0.3) is 0 Å². The predicted molar refractivity (Wildman–Crippen MR) is 53.0 cm³/mol. The van der Waals surface area contributed by atoms with Crippen molar-refractivity contribution in [2.75, 3.05) is 20.3 Å².